The number of benzene rings is 1. The van der Waals surface area contributed by atoms with Crippen LogP contribution in [-0.4, -0.2) is 32.8 Å². The molecule has 0 fully saturated rings. The molecule has 0 amide bonds. The molecule has 1 aromatic rings. The van der Waals surface area contributed by atoms with Gasteiger partial charge in [-0.1, -0.05) is 18.2 Å². The van der Waals surface area contributed by atoms with Gasteiger partial charge in [0.2, 0.25) is 0 Å². The number of hydrogen-bond acceptors (Lipinski definition) is 3. The minimum atomic E-state index is 0.445. The largest absolute Gasteiger partial charge is 0.493 e. The molecule has 22 heavy (non-hydrogen) atoms. The second kappa shape index (κ2) is 8.32. The first kappa shape index (κ1) is 16.2. The summed E-state index contributed by atoms with van der Waals surface area (Å²) in [6.07, 6.45) is 6.50. The van der Waals surface area contributed by atoms with Crippen molar-refractivity contribution >= 4 is 5.96 Å². The van der Waals surface area contributed by atoms with Crippen molar-refractivity contribution < 1.29 is 9.47 Å². The van der Waals surface area contributed by atoms with E-state index in [4.69, 9.17) is 9.47 Å². The molecule has 5 heteroatoms. The van der Waals surface area contributed by atoms with E-state index < -0.39 is 0 Å². The monoisotopic (exact) mass is 303 g/mol. The molecule has 0 aromatic heterocycles. The predicted octanol–water partition coefficient (Wildman–Crippen LogP) is 2.48. The zero-order valence-electron chi connectivity index (χ0n) is 13.6. The fourth-order valence-corrected chi connectivity index (χ4v) is 2.41. The summed E-state index contributed by atoms with van der Waals surface area (Å²) in [5.41, 5.74) is 1.12. The van der Waals surface area contributed by atoms with Crippen molar-refractivity contribution in [3.63, 3.8) is 0 Å². The Morgan fingerprint density at radius 3 is 2.68 bits per heavy atom. The normalized spacial score (nSPS) is 15.0. The molecule has 0 aliphatic heterocycles. The van der Waals surface area contributed by atoms with E-state index in [0.717, 1.165) is 35.9 Å². The van der Waals surface area contributed by atoms with E-state index in [-0.39, 0.29) is 0 Å². The zero-order chi connectivity index (χ0) is 15.8. The second-order valence-corrected chi connectivity index (χ2v) is 5.13. The van der Waals surface area contributed by atoms with E-state index in [0.29, 0.717) is 19.2 Å². The second-order valence-electron chi connectivity index (χ2n) is 5.13. The van der Waals surface area contributed by atoms with Crippen LogP contribution in [0.4, 0.5) is 0 Å². The van der Waals surface area contributed by atoms with Crippen LogP contribution in [0, 0.1) is 0 Å². The van der Waals surface area contributed by atoms with E-state index in [2.05, 4.69) is 27.8 Å². The van der Waals surface area contributed by atoms with E-state index in [1.54, 1.807) is 14.2 Å². The molecule has 0 saturated heterocycles. The topological polar surface area (TPSA) is 54.9 Å². The Balaban J connectivity index is 1.93. The van der Waals surface area contributed by atoms with E-state index >= 15 is 0 Å². The van der Waals surface area contributed by atoms with E-state index in [1.807, 2.05) is 25.1 Å². The Morgan fingerprint density at radius 2 is 2.05 bits per heavy atom. The number of ether oxygens (including phenoxy) is 2. The lowest BCUT2D eigenvalue weighted by molar-refractivity contribution is 0.310. The van der Waals surface area contributed by atoms with Crippen molar-refractivity contribution in [1.82, 2.24) is 10.6 Å². The third kappa shape index (κ3) is 4.41. The van der Waals surface area contributed by atoms with Crippen molar-refractivity contribution in [3.8, 4) is 11.5 Å². The van der Waals surface area contributed by atoms with Crippen molar-refractivity contribution in [2.24, 2.45) is 4.99 Å². The van der Waals surface area contributed by atoms with Gasteiger partial charge in [-0.05, 0) is 37.5 Å². The lowest BCUT2D eigenvalue weighted by Crippen LogP contribution is -2.42. The minimum Gasteiger partial charge on any atom is -0.493 e. The third-order valence-electron chi connectivity index (χ3n) is 3.56. The minimum absolute atomic E-state index is 0.445. The standard InChI is InChI=1S/C17H25N3O2/c1-4-22-16-11-13(9-10-15(16)21-3)12-19-17(18-2)20-14-7-5-6-8-14/h5-6,9-11,14H,4,7-8,12H2,1-3H3,(H2,18,19,20). The van der Waals surface area contributed by atoms with Gasteiger partial charge in [-0.2, -0.15) is 0 Å². The fraction of sp³-hybridized carbons (Fsp3) is 0.471. The van der Waals surface area contributed by atoms with Crippen LogP contribution in [0.5, 0.6) is 11.5 Å². The quantitative estimate of drug-likeness (QED) is 0.481. The first-order valence-corrected chi connectivity index (χ1v) is 7.68. The molecule has 5 nitrogen and oxygen atoms in total. The first-order valence-electron chi connectivity index (χ1n) is 7.68. The molecular formula is C17H25N3O2. The summed E-state index contributed by atoms with van der Waals surface area (Å²) in [5, 5.41) is 6.75. The SMILES string of the molecule is CCOc1cc(CNC(=NC)NC2CC=CC2)ccc1OC. The van der Waals surface area contributed by atoms with Crippen molar-refractivity contribution in [1.29, 1.82) is 0 Å². The zero-order valence-corrected chi connectivity index (χ0v) is 13.6. The average Bonchev–Trinajstić information content (AvgIpc) is 3.05. The van der Waals surface area contributed by atoms with Gasteiger partial charge in [0.25, 0.3) is 0 Å². The maximum Gasteiger partial charge on any atom is 0.191 e. The number of nitrogens with zero attached hydrogens (tertiary/aromatic N) is 1. The number of methoxy groups -OCH3 is 1. The van der Waals surface area contributed by atoms with Crippen LogP contribution >= 0.6 is 0 Å². The van der Waals surface area contributed by atoms with Crippen LogP contribution in [0.2, 0.25) is 0 Å². The lowest BCUT2D eigenvalue weighted by Gasteiger charge is -2.17. The Hall–Kier alpha value is -2.17. The van der Waals surface area contributed by atoms with Gasteiger partial charge in [-0.3, -0.25) is 4.99 Å². The summed E-state index contributed by atoms with van der Waals surface area (Å²) < 4.78 is 10.9. The molecular weight excluding hydrogens is 278 g/mol. The summed E-state index contributed by atoms with van der Waals surface area (Å²) in [6.45, 7) is 3.26. The summed E-state index contributed by atoms with van der Waals surface area (Å²) in [6, 6.07) is 6.40. The number of hydrogen-bond donors (Lipinski definition) is 2. The average molecular weight is 303 g/mol. The molecule has 120 valence electrons. The number of guanidine groups is 1. The number of rotatable bonds is 6. The predicted molar refractivity (Wildman–Crippen MR) is 89.7 cm³/mol. The highest BCUT2D eigenvalue weighted by Gasteiger charge is 2.12. The number of aliphatic imine (C=N–C) groups is 1. The summed E-state index contributed by atoms with van der Waals surface area (Å²) >= 11 is 0. The summed E-state index contributed by atoms with van der Waals surface area (Å²) in [5.74, 6) is 2.35. The van der Waals surface area contributed by atoms with Crippen LogP contribution in [0.15, 0.2) is 35.3 Å². The van der Waals surface area contributed by atoms with Gasteiger partial charge >= 0.3 is 0 Å². The maximum atomic E-state index is 5.60. The molecule has 0 spiro atoms. The Labute approximate surface area is 132 Å². The highest BCUT2D eigenvalue weighted by atomic mass is 16.5. The summed E-state index contributed by atoms with van der Waals surface area (Å²) in [7, 11) is 3.44. The van der Waals surface area contributed by atoms with Crippen LogP contribution in [0.25, 0.3) is 0 Å². The van der Waals surface area contributed by atoms with Crippen LogP contribution < -0.4 is 20.1 Å². The van der Waals surface area contributed by atoms with Crippen molar-refractivity contribution in [2.45, 2.75) is 32.4 Å². The highest BCUT2D eigenvalue weighted by molar-refractivity contribution is 5.80. The van der Waals surface area contributed by atoms with E-state index in [9.17, 15) is 0 Å². The van der Waals surface area contributed by atoms with Crippen LogP contribution in [0.3, 0.4) is 0 Å². The molecule has 0 atom stereocenters. The van der Waals surface area contributed by atoms with Gasteiger partial charge in [-0.25, -0.2) is 0 Å². The molecule has 1 aromatic carbocycles. The van der Waals surface area contributed by atoms with Crippen LogP contribution in [0.1, 0.15) is 25.3 Å². The molecule has 1 aliphatic carbocycles. The highest BCUT2D eigenvalue weighted by Crippen LogP contribution is 2.27. The Kier molecular flexibility index (Phi) is 6.13. The molecule has 2 N–H and O–H groups in total. The lowest BCUT2D eigenvalue weighted by atomic mass is 10.2. The number of nitrogens with one attached hydrogen (secondary N) is 2. The van der Waals surface area contributed by atoms with E-state index in [1.165, 1.54) is 0 Å². The maximum absolute atomic E-state index is 5.60. The molecule has 1 aliphatic rings. The van der Waals surface area contributed by atoms with Gasteiger partial charge in [-0.15, -0.1) is 0 Å². The molecule has 0 radical (unpaired) electrons. The first-order chi connectivity index (χ1) is 10.8. The molecule has 0 bridgehead atoms. The van der Waals surface area contributed by atoms with Crippen LogP contribution in [-0.2, 0) is 6.54 Å². The third-order valence-corrected chi connectivity index (χ3v) is 3.56. The fourth-order valence-electron chi connectivity index (χ4n) is 2.41. The molecule has 0 unspecified atom stereocenters. The summed E-state index contributed by atoms with van der Waals surface area (Å²) in [4.78, 5) is 4.27. The molecule has 2 rings (SSSR count). The molecule has 0 heterocycles. The van der Waals surface area contributed by atoms with Crippen molar-refractivity contribution in [3.05, 3.63) is 35.9 Å². The van der Waals surface area contributed by atoms with Gasteiger partial charge in [0.05, 0.1) is 13.7 Å². The smallest absolute Gasteiger partial charge is 0.191 e. The van der Waals surface area contributed by atoms with Gasteiger partial charge in [0.15, 0.2) is 17.5 Å². The Morgan fingerprint density at radius 1 is 1.27 bits per heavy atom. The van der Waals surface area contributed by atoms with Gasteiger partial charge in [0, 0.05) is 19.6 Å². The van der Waals surface area contributed by atoms with Crippen molar-refractivity contribution in [2.75, 3.05) is 20.8 Å². The van der Waals surface area contributed by atoms with Gasteiger partial charge in [0.1, 0.15) is 0 Å². The molecule has 0 saturated carbocycles. The Bertz CT molecular complexity index is 533. The van der Waals surface area contributed by atoms with Gasteiger partial charge < -0.3 is 20.1 Å².